The maximum atomic E-state index is 12.0. The third-order valence-electron chi connectivity index (χ3n) is 2.97. The molecule has 0 bridgehead atoms. The molecule has 0 atom stereocenters. The second-order valence-corrected chi connectivity index (χ2v) is 4.71. The normalized spacial score (nSPS) is 9.91. The molecule has 7 heteroatoms. The molecule has 23 heavy (non-hydrogen) atoms. The minimum Gasteiger partial charge on any atom is -0.385 e. The van der Waals surface area contributed by atoms with Crippen LogP contribution in [0, 0.1) is 11.3 Å². The van der Waals surface area contributed by atoms with Crippen LogP contribution in [0.2, 0.25) is 0 Å². The summed E-state index contributed by atoms with van der Waals surface area (Å²) in [5.74, 6) is 0.217. The quantitative estimate of drug-likeness (QED) is 0.757. The second kappa shape index (κ2) is 8.46. The second-order valence-electron chi connectivity index (χ2n) is 4.71. The number of rotatable bonds is 7. The molecule has 7 nitrogen and oxygen atoms in total. The summed E-state index contributed by atoms with van der Waals surface area (Å²) in [5, 5.41) is 14.7. The average Bonchev–Trinajstić information content (AvgIpc) is 2.59. The molecule has 0 unspecified atom stereocenters. The van der Waals surface area contributed by atoms with Gasteiger partial charge in [0.05, 0.1) is 11.6 Å². The molecule has 0 spiro atoms. The Morgan fingerprint density at radius 1 is 1.35 bits per heavy atom. The molecule has 2 N–H and O–H groups in total. The van der Waals surface area contributed by atoms with Gasteiger partial charge in [-0.05, 0) is 24.6 Å². The van der Waals surface area contributed by atoms with Crippen molar-refractivity contribution in [1.29, 1.82) is 5.26 Å². The zero-order valence-corrected chi connectivity index (χ0v) is 12.7. The summed E-state index contributed by atoms with van der Waals surface area (Å²) in [6.45, 7) is 1.11. The van der Waals surface area contributed by atoms with Gasteiger partial charge >= 0.3 is 0 Å². The summed E-state index contributed by atoms with van der Waals surface area (Å²) in [6, 6.07) is 10.6. The Kier molecular flexibility index (Phi) is 6.03. The fraction of sp³-hybridized carbons (Fsp3) is 0.250. The zero-order valence-electron chi connectivity index (χ0n) is 12.7. The highest BCUT2D eigenvalue weighted by Gasteiger charge is 2.08. The monoisotopic (exact) mass is 311 g/mol. The van der Waals surface area contributed by atoms with Gasteiger partial charge in [0, 0.05) is 32.0 Å². The van der Waals surface area contributed by atoms with Crippen molar-refractivity contribution in [3.05, 3.63) is 47.9 Å². The van der Waals surface area contributed by atoms with Crippen molar-refractivity contribution in [3.63, 3.8) is 0 Å². The number of anilines is 2. The molecule has 1 amide bonds. The molecule has 1 aromatic carbocycles. The summed E-state index contributed by atoms with van der Waals surface area (Å²) >= 11 is 0. The van der Waals surface area contributed by atoms with Gasteiger partial charge in [-0.15, -0.1) is 0 Å². The number of aromatic nitrogens is 2. The van der Waals surface area contributed by atoms with Crippen LogP contribution in [0.1, 0.15) is 22.5 Å². The number of carbonyl (C=O) groups excluding carboxylic acids is 1. The van der Waals surface area contributed by atoms with Gasteiger partial charge in [0.2, 0.25) is 0 Å². The number of amides is 1. The summed E-state index contributed by atoms with van der Waals surface area (Å²) < 4.78 is 4.92. The summed E-state index contributed by atoms with van der Waals surface area (Å²) in [6.07, 6.45) is 2.06. The van der Waals surface area contributed by atoms with E-state index in [9.17, 15) is 4.79 Å². The van der Waals surface area contributed by atoms with E-state index in [1.54, 1.807) is 31.4 Å². The molecule has 2 aromatic rings. The molecule has 0 aliphatic rings. The Morgan fingerprint density at radius 2 is 2.22 bits per heavy atom. The number of nitrogens with one attached hydrogen (secondary N) is 2. The number of benzene rings is 1. The molecule has 0 radical (unpaired) electrons. The van der Waals surface area contributed by atoms with Gasteiger partial charge in [-0.1, -0.05) is 6.07 Å². The van der Waals surface area contributed by atoms with E-state index < -0.39 is 0 Å². The SMILES string of the molecule is COCCCNC(=O)c1cc(Nc2cccc(C#N)c2)ncn1. The first-order chi connectivity index (χ1) is 11.2. The van der Waals surface area contributed by atoms with Crippen molar-refractivity contribution in [2.45, 2.75) is 6.42 Å². The highest BCUT2D eigenvalue weighted by atomic mass is 16.5. The number of nitriles is 1. The number of methoxy groups -OCH3 is 1. The molecule has 0 fully saturated rings. The van der Waals surface area contributed by atoms with E-state index in [-0.39, 0.29) is 11.6 Å². The molecule has 1 heterocycles. The highest BCUT2D eigenvalue weighted by Crippen LogP contribution is 2.15. The van der Waals surface area contributed by atoms with E-state index >= 15 is 0 Å². The predicted molar refractivity (Wildman–Crippen MR) is 85.3 cm³/mol. The fourth-order valence-corrected chi connectivity index (χ4v) is 1.87. The first-order valence-corrected chi connectivity index (χ1v) is 7.09. The van der Waals surface area contributed by atoms with E-state index in [1.165, 1.54) is 6.33 Å². The molecule has 118 valence electrons. The van der Waals surface area contributed by atoms with Crippen molar-refractivity contribution in [3.8, 4) is 6.07 Å². The third kappa shape index (κ3) is 5.05. The van der Waals surface area contributed by atoms with E-state index in [4.69, 9.17) is 10.00 Å². The summed E-state index contributed by atoms with van der Waals surface area (Å²) in [4.78, 5) is 20.0. The lowest BCUT2D eigenvalue weighted by Crippen LogP contribution is -2.26. The molecule has 0 aliphatic carbocycles. The fourth-order valence-electron chi connectivity index (χ4n) is 1.87. The minimum atomic E-state index is -0.266. The van der Waals surface area contributed by atoms with Gasteiger partial charge in [0.25, 0.3) is 5.91 Å². The number of ether oxygens (including phenoxy) is 1. The van der Waals surface area contributed by atoms with Gasteiger partial charge < -0.3 is 15.4 Å². The van der Waals surface area contributed by atoms with E-state index in [1.807, 2.05) is 6.07 Å². The Morgan fingerprint density at radius 3 is 3.00 bits per heavy atom. The van der Waals surface area contributed by atoms with Crippen LogP contribution in [-0.2, 0) is 4.74 Å². The molecule has 0 saturated carbocycles. The minimum absolute atomic E-state index is 0.266. The van der Waals surface area contributed by atoms with E-state index in [2.05, 4.69) is 26.7 Å². The molecule has 2 rings (SSSR count). The number of nitrogens with zero attached hydrogens (tertiary/aromatic N) is 3. The van der Waals surface area contributed by atoms with Crippen LogP contribution < -0.4 is 10.6 Å². The van der Waals surface area contributed by atoms with Gasteiger partial charge in [-0.25, -0.2) is 9.97 Å². The summed E-state index contributed by atoms with van der Waals surface area (Å²) in [7, 11) is 1.62. The van der Waals surface area contributed by atoms with Crippen molar-refractivity contribution in [2.24, 2.45) is 0 Å². The Hall–Kier alpha value is -2.98. The van der Waals surface area contributed by atoms with Crippen LogP contribution in [0.4, 0.5) is 11.5 Å². The predicted octanol–water partition coefficient (Wildman–Crippen LogP) is 1.86. The zero-order chi connectivity index (χ0) is 16.5. The molecule has 0 saturated heterocycles. The highest BCUT2D eigenvalue weighted by molar-refractivity contribution is 5.92. The van der Waals surface area contributed by atoms with Gasteiger partial charge in [0.1, 0.15) is 17.8 Å². The lowest BCUT2D eigenvalue weighted by Gasteiger charge is -2.08. The van der Waals surface area contributed by atoms with Crippen molar-refractivity contribution in [2.75, 3.05) is 25.6 Å². The smallest absolute Gasteiger partial charge is 0.270 e. The first-order valence-electron chi connectivity index (χ1n) is 7.09. The van der Waals surface area contributed by atoms with Crippen LogP contribution in [0.5, 0.6) is 0 Å². The molecule has 1 aromatic heterocycles. The van der Waals surface area contributed by atoms with Gasteiger partial charge in [0.15, 0.2) is 0 Å². The van der Waals surface area contributed by atoms with Gasteiger partial charge in [-0.2, -0.15) is 5.26 Å². The number of carbonyl (C=O) groups is 1. The van der Waals surface area contributed by atoms with Crippen molar-refractivity contribution < 1.29 is 9.53 Å². The molecular formula is C16H17N5O2. The standard InChI is InChI=1S/C16H17N5O2/c1-23-7-3-6-18-16(22)14-9-15(20-11-19-14)21-13-5-2-4-12(8-13)10-17/h2,4-5,8-9,11H,3,6-7H2,1H3,(H,18,22)(H,19,20,21). The Bertz CT molecular complexity index is 712. The van der Waals surface area contributed by atoms with Crippen molar-refractivity contribution in [1.82, 2.24) is 15.3 Å². The van der Waals surface area contributed by atoms with Gasteiger partial charge in [-0.3, -0.25) is 4.79 Å². The average molecular weight is 311 g/mol. The number of hydrogen-bond donors (Lipinski definition) is 2. The van der Waals surface area contributed by atoms with Crippen molar-refractivity contribution >= 4 is 17.4 Å². The maximum Gasteiger partial charge on any atom is 0.270 e. The lowest BCUT2D eigenvalue weighted by atomic mass is 10.2. The largest absolute Gasteiger partial charge is 0.385 e. The van der Waals surface area contributed by atoms with Crippen LogP contribution >= 0.6 is 0 Å². The van der Waals surface area contributed by atoms with Crippen LogP contribution in [0.3, 0.4) is 0 Å². The Balaban J connectivity index is 2.01. The molecular weight excluding hydrogens is 294 g/mol. The number of hydrogen-bond acceptors (Lipinski definition) is 6. The van der Waals surface area contributed by atoms with Crippen LogP contribution in [-0.4, -0.2) is 36.1 Å². The lowest BCUT2D eigenvalue weighted by molar-refractivity contribution is 0.0943. The summed E-state index contributed by atoms with van der Waals surface area (Å²) in [5.41, 5.74) is 1.53. The first kappa shape index (κ1) is 16.4. The van der Waals surface area contributed by atoms with Crippen LogP contribution in [0.25, 0.3) is 0 Å². The third-order valence-corrected chi connectivity index (χ3v) is 2.97. The van der Waals surface area contributed by atoms with Crippen LogP contribution in [0.15, 0.2) is 36.7 Å². The maximum absolute atomic E-state index is 12.0. The Labute approximate surface area is 134 Å². The molecule has 0 aliphatic heterocycles. The van der Waals surface area contributed by atoms with E-state index in [0.717, 1.165) is 6.42 Å². The topological polar surface area (TPSA) is 99.9 Å². The van der Waals surface area contributed by atoms with E-state index in [0.29, 0.717) is 30.2 Å².